The normalized spacial score (nSPS) is 13.6. The fraction of sp³-hybridized carbons (Fsp3) is 0.186. The van der Waals surface area contributed by atoms with Gasteiger partial charge in [0.15, 0.2) is 0 Å². The van der Waals surface area contributed by atoms with Crippen LogP contribution in [-0.4, -0.2) is 9.55 Å². The summed E-state index contributed by atoms with van der Waals surface area (Å²) < 4.78 is 44.0. The Morgan fingerprint density at radius 1 is 0.600 bits per heavy atom. The minimum atomic E-state index is -0.310. The molecule has 0 saturated carbocycles. The zero-order valence-corrected chi connectivity index (χ0v) is 40.5. The molecule has 65 heavy (non-hydrogen) atoms. The summed E-state index contributed by atoms with van der Waals surface area (Å²) >= 11 is 0. The van der Waals surface area contributed by atoms with E-state index in [0.29, 0.717) is 39.1 Å². The van der Waals surface area contributed by atoms with Gasteiger partial charge in [-0.25, -0.2) is 4.98 Å². The molecule has 0 unspecified atom stereocenters. The molecule has 3 heterocycles. The van der Waals surface area contributed by atoms with Crippen LogP contribution in [0.1, 0.15) is 74.8 Å². The Morgan fingerprint density at radius 2 is 1.20 bits per heavy atom. The first-order valence-corrected chi connectivity index (χ1v) is 21.9. The van der Waals surface area contributed by atoms with Crippen molar-refractivity contribution in [1.29, 1.82) is 0 Å². The van der Waals surface area contributed by atoms with E-state index in [-0.39, 0.29) is 56.1 Å². The van der Waals surface area contributed by atoms with Crippen molar-refractivity contribution in [3.8, 4) is 39.6 Å². The standard InChI is InChI=1S/C59H53N4O.Pt/c1-38-39(2)55(41-20-12-10-13-21-41)57(56(40(38)3)42-22-14-11-15-23-42)62-37-61(51-26-18-19-27-52(51)62)45-32-44(59(7,8)9)33-47(35-45)64-46-28-29-49-48-24-16-17-25-50(48)63(53(49)36-46)54-34-43(30-31-60-54)58(4,5)6;/h10-34,37H,1-9H3;/q-3;/i16D,17D,24D,25D;. The number of para-hydroxylation sites is 3. The third-order valence-electron chi connectivity index (χ3n) is 12.6. The summed E-state index contributed by atoms with van der Waals surface area (Å²) in [4.78, 5) is 9.30. The molecule has 9 aromatic rings. The molecule has 0 amide bonds. The van der Waals surface area contributed by atoms with Gasteiger partial charge >= 0.3 is 0 Å². The second kappa shape index (κ2) is 16.9. The largest absolute Gasteiger partial charge is 0.509 e. The molecule has 10 rings (SSSR count). The molecule has 1 aliphatic rings. The van der Waals surface area contributed by atoms with Crippen molar-refractivity contribution < 1.29 is 31.3 Å². The molecule has 0 saturated heterocycles. The summed E-state index contributed by atoms with van der Waals surface area (Å²) in [5.74, 6) is 1.41. The van der Waals surface area contributed by atoms with E-state index in [0.717, 1.165) is 45.0 Å². The number of ether oxygens (including phenoxy) is 1. The van der Waals surface area contributed by atoms with Gasteiger partial charge in [0.2, 0.25) is 0 Å². The Bertz CT molecular complexity index is 3400. The van der Waals surface area contributed by atoms with Gasteiger partial charge in [-0.05, 0) is 101 Å². The van der Waals surface area contributed by atoms with Crippen molar-refractivity contribution in [1.82, 2.24) is 9.55 Å². The van der Waals surface area contributed by atoms with Crippen molar-refractivity contribution in [3.05, 3.63) is 198 Å². The first kappa shape index (κ1) is 39.0. The smallest absolute Gasteiger partial charge is 0.135 e. The van der Waals surface area contributed by atoms with Crippen molar-refractivity contribution in [2.24, 2.45) is 0 Å². The van der Waals surface area contributed by atoms with Gasteiger partial charge in [0.25, 0.3) is 0 Å². The van der Waals surface area contributed by atoms with E-state index in [1.165, 1.54) is 27.8 Å². The molecule has 328 valence electrons. The zero-order chi connectivity index (χ0) is 48.0. The number of benzene rings is 7. The molecule has 7 aromatic carbocycles. The first-order chi connectivity index (χ1) is 32.4. The Hall–Kier alpha value is -6.42. The quantitative estimate of drug-likeness (QED) is 0.149. The third-order valence-corrected chi connectivity index (χ3v) is 12.6. The van der Waals surface area contributed by atoms with Crippen LogP contribution in [0.5, 0.6) is 11.5 Å². The molecule has 0 fully saturated rings. The number of aromatic nitrogens is 2. The maximum Gasteiger partial charge on any atom is 0.135 e. The Labute approximate surface area is 404 Å². The molecule has 0 bridgehead atoms. The number of hydrogen-bond donors (Lipinski definition) is 0. The van der Waals surface area contributed by atoms with Crippen LogP contribution < -0.4 is 14.5 Å². The average molecular weight is 1030 g/mol. The predicted molar refractivity (Wildman–Crippen MR) is 267 cm³/mol. The van der Waals surface area contributed by atoms with Crippen molar-refractivity contribution >= 4 is 44.6 Å². The van der Waals surface area contributed by atoms with Gasteiger partial charge in [0.05, 0.1) is 5.48 Å². The van der Waals surface area contributed by atoms with Crippen LogP contribution in [0, 0.1) is 39.6 Å². The molecule has 2 aromatic heterocycles. The van der Waals surface area contributed by atoms with E-state index < -0.39 is 0 Å². The number of pyridine rings is 1. The van der Waals surface area contributed by atoms with Gasteiger partial charge in [-0.1, -0.05) is 138 Å². The molecule has 5 nitrogen and oxygen atoms in total. The van der Waals surface area contributed by atoms with Crippen LogP contribution in [0.15, 0.2) is 152 Å². The fourth-order valence-corrected chi connectivity index (χ4v) is 8.96. The van der Waals surface area contributed by atoms with Gasteiger partial charge in [-0.3, -0.25) is 0 Å². The van der Waals surface area contributed by atoms with Crippen LogP contribution >= 0.6 is 0 Å². The monoisotopic (exact) mass is 1030 g/mol. The molecule has 0 aliphatic carbocycles. The Balaban J connectivity index is 0.00000593. The number of fused-ring (bicyclic) bond motifs is 4. The first-order valence-electron chi connectivity index (χ1n) is 23.9. The van der Waals surface area contributed by atoms with Crippen LogP contribution in [0.3, 0.4) is 0 Å². The van der Waals surface area contributed by atoms with Gasteiger partial charge < -0.3 is 19.1 Å². The number of anilines is 4. The fourth-order valence-electron chi connectivity index (χ4n) is 8.96. The van der Waals surface area contributed by atoms with Crippen LogP contribution in [-0.2, 0) is 31.9 Å². The average Bonchev–Trinajstić information content (AvgIpc) is 3.88. The Kier molecular flexibility index (Phi) is 10.1. The number of rotatable bonds is 7. The SMILES string of the molecule is [2H]c1c([2H])c([2H])c2c(c1[2H])c1ccc(Oc3[c-]c(N4[CH-]N(c5c(-c6ccccc6)c(C)c(C)c(C)c5-c5ccccc5)c5ccccc54)cc(C(C)(C)C)c3)[c-]c1n2-c1cc(C(C)(C)C)ccn1.[Pt]. The summed E-state index contributed by atoms with van der Waals surface area (Å²) in [6.07, 6.45) is 1.74. The van der Waals surface area contributed by atoms with Gasteiger partial charge in [-0.15, -0.1) is 53.6 Å². The molecule has 0 N–H and O–H groups in total. The predicted octanol–water partition coefficient (Wildman–Crippen LogP) is 15.8. The van der Waals surface area contributed by atoms with E-state index in [9.17, 15) is 0 Å². The second-order valence-electron chi connectivity index (χ2n) is 18.8. The number of nitrogens with zero attached hydrogens (tertiary/aromatic N) is 4. The summed E-state index contributed by atoms with van der Waals surface area (Å²) in [6, 6.07) is 48.0. The molecular formula is C59H53N4OPt-3. The van der Waals surface area contributed by atoms with E-state index in [2.05, 4.69) is 182 Å². The Morgan fingerprint density at radius 3 is 1.83 bits per heavy atom. The maximum absolute atomic E-state index is 9.11. The summed E-state index contributed by atoms with van der Waals surface area (Å²) in [6.45, 7) is 21.8. The maximum atomic E-state index is 9.11. The third kappa shape index (κ3) is 7.84. The van der Waals surface area contributed by atoms with Gasteiger partial charge in [0.1, 0.15) is 5.82 Å². The van der Waals surface area contributed by atoms with E-state index in [1.54, 1.807) is 16.8 Å². The second-order valence-corrected chi connectivity index (χ2v) is 18.8. The van der Waals surface area contributed by atoms with E-state index in [1.807, 2.05) is 24.3 Å². The summed E-state index contributed by atoms with van der Waals surface area (Å²) in [5, 5.41) is 1.02. The van der Waals surface area contributed by atoms with E-state index in [4.69, 9.17) is 15.2 Å². The molecule has 0 spiro atoms. The van der Waals surface area contributed by atoms with Crippen LogP contribution in [0.25, 0.3) is 49.9 Å². The number of hydrogen-bond acceptors (Lipinski definition) is 4. The minimum absolute atomic E-state index is 0. The molecular weight excluding hydrogens is 976 g/mol. The molecule has 0 radical (unpaired) electrons. The van der Waals surface area contributed by atoms with E-state index >= 15 is 0 Å². The van der Waals surface area contributed by atoms with Crippen molar-refractivity contribution in [2.45, 2.75) is 73.1 Å². The molecule has 1 aliphatic heterocycles. The molecule has 6 heteroatoms. The van der Waals surface area contributed by atoms with Gasteiger partial charge in [0, 0.05) is 72.5 Å². The van der Waals surface area contributed by atoms with Crippen molar-refractivity contribution in [3.63, 3.8) is 0 Å². The van der Waals surface area contributed by atoms with Crippen molar-refractivity contribution in [2.75, 3.05) is 9.80 Å². The topological polar surface area (TPSA) is 33.5 Å². The summed E-state index contributed by atoms with van der Waals surface area (Å²) in [7, 11) is 0. The van der Waals surface area contributed by atoms with Gasteiger partial charge in [-0.2, -0.15) is 6.07 Å². The minimum Gasteiger partial charge on any atom is -0.509 e. The van der Waals surface area contributed by atoms with Crippen LogP contribution in [0.4, 0.5) is 22.7 Å². The summed E-state index contributed by atoms with van der Waals surface area (Å²) in [5.41, 5.74) is 14.8. The molecule has 0 atom stereocenters. The van der Waals surface area contributed by atoms with Crippen LogP contribution in [0.2, 0.25) is 0 Å². The zero-order valence-electron chi connectivity index (χ0n) is 42.2.